The topological polar surface area (TPSA) is 48.2 Å². The number of aromatic nitrogens is 2. The quantitative estimate of drug-likeness (QED) is 0.846. The Bertz CT molecular complexity index is 545. The Morgan fingerprint density at radius 2 is 2.00 bits per heavy atom. The summed E-state index contributed by atoms with van der Waals surface area (Å²) in [6.07, 6.45) is 0.912. The highest BCUT2D eigenvalue weighted by molar-refractivity contribution is 6.38. The molecule has 18 heavy (non-hydrogen) atoms. The summed E-state index contributed by atoms with van der Waals surface area (Å²) in [4.78, 5) is 4.36. The molecule has 1 fully saturated rings. The fraction of sp³-hybridized carbons (Fsp3) is 0.333. The van der Waals surface area contributed by atoms with Gasteiger partial charge in [0, 0.05) is 12.5 Å². The third-order valence-corrected chi connectivity index (χ3v) is 3.54. The molecule has 1 atom stereocenters. The predicted octanol–water partition coefficient (Wildman–Crippen LogP) is 3.55. The minimum absolute atomic E-state index is 0.198. The first-order valence-electron chi connectivity index (χ1n) is 5.61. The molecule has 1 aliphatic heterocycles. The molecule has 1 aliphatic rings. The van der Waals surface area contributed by atoms with E-state index in [1.807, 2.05) is 0 Å². The van der Waals surface area contributed by atoms with Gasteiger partial charge in [-0.05, 0) is 18.6 Å². The lowest BCUT2D eigenvalue weighted by Crippen LogP contribution is -1.99. The average molecular weight is 285 g/mol. The fourth-order valence-electron chi connectivity index (χ4n) is 1.94. The maximum Gasteiger partial charge on any atom is 0.260 e. The molecular weight excluding hydrogens is 275 g/mol. The molecule has 1 saturated heterocycles. The zero-order valence-corrected chi connectivity index (χ0v) is 10.9. The molecule has 0 radical (unpaired) electrons. The lowest BCUT2D eigenvalue weighted by atomic mass is 10.1. The van der Waals surface area contributed by atoms with E-state index in [9.17, 15) is 0 Å². The highest BCUT2D eigenvalue weighted by Gasteiger charge is 2.24. The van der Waals surface area contributed by atoms with E-state index in [1.54, 1.807) is 18.2 Å². The fourth-order valence-corrected chi connectivity index (χ4v) is 2.50. The second kappa shape index (κ2) is 4.88. The smallest absolute Gasteiger partial charge is 0.260 e. The largest absolute Gasteiger partial charge is 0.381 e. The van der Waals surface area contributed by atoms with Gasteiger partial charge in [0.25, 0.3) is 5.89 Å². The van der Waals surface area contributed by atoms with E-state index in [-0.39, 0.29) is 5.92 Å². The molecule has 3 rings (SSSR count). The van der Waals surface area contributed by atoms with Gasteiger partial charge in [-0.3, -0.25) is 0 Å². The summed E-state index contributed by atoms with van der Waals surface area (Å²) in [5.41, 5.74) is 0.582. The van der Waals surface area contributed by atoms with Crippen LogP contribution in [0.3, 0.4) is 0 Å². The van der Waals surface area contributed by atoms with Crippen LogP contribution in [0, 0.1) is 0 Å². The Labute approximate surface area is 114 Å². The van der Waals surface area contributed by atoms with Crippen molar-refractivity contribution < 1.29 is 9.26 Å². The predicted molar refractivity (Wildman–Crippen MR) is 67.9 cm³/mol. The number of nitrogens with zero attached hydrogens (tertiary/aromatic N) is 2. The summed E-state index contributed by atoms with van der Waals surface area (Å²) in [5, 5.41) is 4.97. The maximum atomic E-state index is 6.10. The van der Waals surface area contributed by atoms with Crippen LogP contribution in [0.25, 0.3) is 11.5 Å². The van der Waals surface area contributed by atoms with Crippen LogP contribution in [0.5, 0.6) is 0 Å². The van der Waals surface area contributed by atoms with E-state index < -0.39 is 0 Å². The number of ether oxygens (including phenoxy) is 1. The van der Waals surface area contributed by atoms with E-state index in [1.165, 1.54) is 0 Å². The summed E-state index contributed by atoms with van der Waals surface area (Å²) >= 11 is 12.2. The van der Waals surface area contributed by atoms with Crippen molar-refractivity contribution >= 4 is 23.2 Å². The first-order chi connectivity index (χ1) is 8.75. The van der Waals surface area contributed by atoms with Gasteiger partial charge in [0.05, 0.1) is 22.2 Å². The van der Waals surface area contributed by atoms with Crippen LogP contribution in [0.15, 0.2) is 22.7 Å². The second-order valence-corrected chi connectivity index (χ2v) is 4.93. The van der Waals surface area contributed by atoms with Gasteiger partial charge < -0.3 is 9.26 Å². The van der Waals surface area contributed by atoms with Crippen LogP contribution in [0.1, 0.15) is 18.2 Å². The van der Waals surface area contributed by atoms with Gasteiger partial charge in [-0.2, -0.15) is 4.98 Å². The second-order valence-electron chi connectivity index (χ2n) is 4.11. The zero-order chi connectivity index (χ0) is 12.5. The average Bonchev–Trinajstić information content (AvgIpc) is 2.99. The molecule has 1 aromatic carbocycles. The zero-order valence-electron chi connectivity index (χ0n) is 9.40. The van der Waals surface area contributed by atoms with Gasteiger partial charge in [-0.15, -0.1) is 0 Å². The lowest BCUT2D eigenvalue weighted by Gasteiger charge is -2.01. The number of hydrogen-bond donors (Lipinski definition) is 0. The van der Waals surface area contributed by atoms with Crippen LogP contribution >= 0.6 is 23.2 Å². The van der Waals surface area contributed by atoms with Crippen molar-refractivity contribution in [2.45, 2.75) is 12.3 Å². The van der Waals surface area contributed by atoms with Crippen LogP contribution in [0.2, 0.25) is 10.0 Å². The number of rotatable bonds is 2. The summed E-state index contributed by atoms with van der Waals surface area (Å²) in [5.74, 6) is 1.20. The highest BCUT2D eigenvalue weighted by Crippen LogP contribution is 2.34. The molecule has 4 nitrogen and oxygen atoms in total. The van der Waals surface area contributed by atoms with E-state index >= 15 is 0 Å². The molecular formula is C12H10Cl2N2O2. The van der Waals surface area contributed by atoms with Crippen molar-refractivity contribution in [3.63, 3.8) is 0 Å². The number of halogens is 2. The van der Waals surface area contributed by atoms with E-state index in [0.717, 1.165) is 13.0 Å². The van der Waals surface area contributed by atoms with Crippen molar-refractivity contribution in [3.8, 4) is 11.5 Å². The number of hydrogen-bond acceptors (Lipinski definition) is 4. The van der Waals surface area contributed by atoms with E-state index in [0.29, 0.717) is 33.9 Å². The molecule has 0 amide bonds. The Kier molecular flexibility index (Phi) is 3.24. The maximum absolute atomic E-state index is 6.10. The van der Waals surface area contributed by atoms with Gasteiger partial charge in [-0.25, -0.2) is 0 Å². The Morgan fingerprint density at radius 3 is 2.67 bits per heavy atom. The third-order valence-electron chi connectivity index (χ3n) is 2.91. The van der Waals surface area contributed by atoms with Crippen molar-refractivity contribution in [2.75, 3.05) is 13.2 Å². The van der Waals surface area contributed by atoms with Gasteiger partial charge >= 0.3 is 0 Å². The number of benzene rings is 1. The molecule has 0 bridgehead atoms. The Balaban J connectivity index is 1.97. The minimum Gasteiger partial charge on any atom is -0.381 e. The molecule has 0 saturated carbocycles. The summed E-state index contributed by atoms with van der Waals surface area (Å²) < 4.78 is 10.5. The standard InChI is InChI=1S/C12H10Cl2N2O2/c13-8-2-1-3-9(14)10(8)12-15-11(16-18-12)7-4-5-17-6-7/h1-3,7H,4-6H2/t7-/m1/s1. The first kappa shape index (κ1) is 12.0. The lowest BCUT2D eigenvalue weighted by molar-refractivity contribution is 0.192. The van der Waals surface area contributed by atoms with Crippen molar-refractivity contribution in [1.82, 2.24) is 10.1 Å². The molecule has 0 unspecified atom stereocenters. The van der Waals surface area contributed by atoms with Crippen molar-refractivity contribution in [1.29, 1.82) is 0 Å². The molecule has 94 valence electrons. The van der Waals surface area contributed by atoms with Crippen LogP contribution in [0.4, 0.5) is 0 Å². The summed E-state index contributed by atoms with van der Waals surface area (Å²) in [7, 11) is 0. The SMILES string of the molecule is Clc1cccc(Cl)c1-c1nc([C@@H]2CCOC2)no1. The van der Waals surface area contributed by atoms with Crippen molar-refractivity contribution in [3.05, 3.63) is 34.1 Å². The van der Waals surface area contributed by atoms with Gasteiger partial charge in [0.1, 0.15) is 0 Å². The Hall–Kier alpha value is -1.10. The monoisotopic (exact) mass is 284 g/mol. The highest BCUT2D eigenvalue weighted by atomic mass is 35.5. The molecule has 2 heterocycles. The Morgan fingerprint density at radius 1 is 1.22 bits per heavy atom. The molecule has 0 spiro atoms. The van der Waals surface area contributed by atoms with E-state index in [2.05, 4.69) is 10.1 Å². The van der Waals surface area contributed by atoms with Crippen molar-refractivity contribution in [2.24, 2.45) is 0 Å². The molecule has 6 heteroatoms. The van der Waals surface area contributed by atoms with Crippen LogP contribution < -0.4 is 0 Å². The van der Waals surface area contributed by atoms with Gasteiger partial charge in [-0.1, -0.05) is 34.4 Å². The van der Waals surface area contributed by atoms with Gasteiger partial charge in [0.2, 0.25) is 0 Å². The summed E-state index contributed by atoms with van der Waals surface area (Å²) in [6.45, 7) is 1.37. The van der Waals surface area contributed by atoms with Crippen LogP contribution in [-0.2, 0) is 4.74 Å². The normalized spacial score (nSPS) is 19.3. The minimum atomic E-state index is 0.198. The van der Waals surface area contributed by atoms with Gasteiger partial charge in [0.15, 0.2) is 5.82 Å². The van der Waals surface area contributed by atoms with E-state index in [4.69, 9.17) is 32.5 Å². The third kappa shape index (κ3) is 2.11. The van der Waals surface area contributed by atoms with Crippen LogP contribution in [-0.4, -0.2) is 23.4 Å². The molecule has 1 aromatic heterocycles. The molecule has 2 aromatic rings. The summed E-state index contributed by atoms with van der Waals surface area (Å²) in [6, 6.07) is 5.26. The molecule has 0 N–H and O–H groups in total. The molecule has 0 aliphatic carbocycles. The first-order valence-corrected chi connectivity index (χ1v) is 6.37.